The molecule has 600 valence electrons. The van der Waals surface area contributed by atoms with Gasteiger partial charge >= 0.3 is 0 Å². The van der Waals surface area contributed by atoms with Gasteiger partial charge in [0.2, 0.25) is 0 Å². The van der Waals surface area contributed by atoms with Crippen molar-refractivity contribution in [2.24, 2.45) is 0 Å². The van der Waals surface area contributed by atoms with Gasteiger partial charge in [-0.25, -0.2) is 0 Å². The van der Waals surface area contributed by atoms with Crippen LogP contribution in [0.3, 0.4) is 0 Å². The molecule has 0 heterocycles. The Balaban J connectivity index is -0.000000119. The van der Waals surface area contributed by atoms with Gasteiger partial charge in [-0.3, -0.25) is 0 Å². The summed E-state index contributed by atoms with van der Waals surface area (Å²) in [6.45, 7) is 20.2. The summed E-state index contributed by atoms with van der Waals surface area (Å²) in [6, 6.07) is 0. The van der Waals surface area contributed by atoms with E-state index >= 15 is 0 Å². The van der Waals surface area contributed by atoms with Crippen LogP contribution in [-0.4, -0.2) is 93.7 Å². The van der Waals surface area contributed by atoms with Crippen LogP contribution in [-0.2, 0) is 43.4 Å². The average Bonchev–Trinajstić information content (AvgIpc) is 3.62. The van der Waals surface area contributed by atoms with E-state index in [4.69, 9.17) is 40.9 Å². The first-order valence-corrected chi connectivity index (χ1v) is 44.2. The second-order valence-electron chi connectivity index (χ2n) is 28.4. The Labute approximate surface area is 650 Å². The third-order valence-electron chi connectivity index (χ3n) is 18.1. The molecule has 0 aliphatic heterocycles. The fourth-order valence-corrected chi connectivity index (χ4v) is 11.3. The Bertz CT molecular complexity index is 833. The molecule has 8 nitrogen and oxygen atoms in total. The molecule has 0 aliphatic carbocycles. The maximum atomic E-state index is 8.67. The van der Waals surface area contributed by atoms with Gasteiger partial charge in [-0.15, -0.1) is 0 Å². The average molecular weight is 1470 g/mol. The zero-order chi connectivity index (χ0) is 72.6. The summed E-state index contributed by atoms with van der Waals surface area (Å²) in [4.78, 5) is 0. The van der Waals surface area contributed by atoms with Crippen LogP contribution in [0, 0.1) is 0 Å². The standard InChI is InChI=1S/4C18H38O.4C4H10O.2Ti/c4*1-2-3-4-5-6-7-8-9-10-11-12-13-14-15-16-17-18-19;4*1-2-3-4-5;;/h4*19H,2-18H2,1H3;4*5H,2-4H2,1H3;;. The number of hydrogen-bond donors (Lipinski definition) is 8. The van der Waals surface area contributed by atoms with Gasteiger partial charge in [0, 0.05) is 96.3 Å². The summed E-state index contributed by atoms with van der Waals surface area (Å²) < 4.78 is 0. The molecule has 0 amide bonds. The van der Waals surface area contributed by atoms with Gasteiger partial charge in [-0.2, -0.15) is 0 Å². The minimum Gasteiger partial charge on any atom is -0.396 e. The van der Waals surface area contributed by atoms with Crippen LogP contribution in [0.25, 0.3) is 0 Å². The maximum Gasteiger partial charge on any atom is 0.0431 e. The van der Waals surface area contributed by atoms with Gasteiger partial charge in [-0.1, -0.05) is 466 Å². The fourth-order valence-electron chi connectivity index (χ4n) is 11.3. The second kappa shape index (κ2) is 141. The monoisotopic (exact) mass is 1470 g/mol. The van der Waals surface area contributed by atoms with Crippen LogP contribution < -0.4 is 0 Å². The SMILES string of the molecule is CCCCCCCCCCCCCCCCCCO.CCCCCCCCCCCCCCCCCCO.CCCCCCCCCCCCCCCCCCO.CCCCCCCCCCCCCCCCCCO.CCCCO.CCCCO.CCCCO.CCCCO.[Ti].[Ti]. The van der Waals surface area contributed by atoms with Crippen LogP contribution in [0.1, 0.15) is 518 Å². The molecule has 0 bridgehead atoms. The zero-order valence-corrected chi connectivity index (χ0v) is 72.3. The van der Waals surface area contributed by atoms with Gasteiger partial charge < -0.3 is 40.9 Å². The molecular formula is C88H192O8Ti2. The third kappa shape index (κ3) is 168. The van der Waals surface area contributed by atoms with Crippen molar-refractivity contribution in [1.29, 1.82) is 0 Å². The smallest absolute Gasteiger partial charge is 0.0431 e. The van der Waals surface area contributed by atoms with E-state index in [2.05, 4.69) is 55.4 Å². The molecule has 10 heteroatoms. The normalized spacial score (nSPS) is 10.3. The van der Waals surface area contributed by atoms with Gasteiger partial charge in [-0.05, 0) is 51.4 Å². The number of unbranched alkanes of at least 4 members (excludes halogenated alkanes) is 64. The van der Waals surface area contributed by atoms with E-state index in [1.54, 1.807) is 0 Å². The van der Waals surface area contributed by atoms with E-state index in [1.165, 1.54) is 385 Å². The minimum absolute atomic E-state index is 0. The molecule has 0 fully saturated rings. The Morgan fingerprint density at radius 3 is 0.204 bits per heavy atom. The molecule has 0 radical (unpaired) electrons. The maximum absolute atomic E-state index is 8.67. The number of rotatable bonds is 72. The fraction of sp³-hybridized carbons (Fsp3) is 1.00. The van der Waals surface area contributed by atoms with E-state index in [0.717, 1.165) is 77.0 Å². The Hall–Kier alpha value is 1.11. The van der Waals surface area contributed by atoms with Crippen LogP contribution in [0.5, 0.6) is 0 Å². The molecule has 8 N–H and O–H groups in total. The topological polar surface area (TPSA) is 162 Å². The number of hydrogen-bond acceptors (Lipinski definition) is 8. The van der Waals surface area contributed by atoms with E-state index in [0.29, 0.717) is 52.9 Å². The van der Waals surface area contributed by atoms with E-state index in [1.807, 2.05) is 0 Å². The van der Waals surface area contributed by atoms with Gasteiger partial charge in [0.15, 0.2) is 0 Å². The molecule has 0 aromatic carbocycles. The molecule has 98 heavy (non-hydrogen) atoms. The molecule has 0 aromatic heterocycles. The van der Waals surface area contributed by atoms with Gasteiger partial charge in [0.1, 0.15) is 0 Å². The molecule has 0 rings (SSSR count). The number of aliphatic hydroxyl groups is 8. The minimum atomic E-state index is 0. The molecule has 0 spiro atoms. The summed E-state index contributed by atoms with van der Waals surface area (Å²) >= 11 is 0. The van der Waals surface area contributed by atoms with Crippen molar-refractivity contribution in [2.75, 3.05) is 52.9 Å². The Morgan fingerprint density at radius 2 is 0.153 bits per heavy atom. The van der Waals surface area contributed by atoms with Crippen LogP contribution in [0.15, 0.2) is 0 Å². The summed E-state index contributed by atoms with van der Waals surface area (Å²) in [5.74, 6) is 0. The summed E-state index contributed by atoms with van der Waals surface area (Å²) in [7, 11) is 0. The van der Waals surface area contributed by atoms with Crippen molar-refractivity contribution in [3.63, 3.8) is 0 Å². The number of aliphatic hydroxyl groups excluding tert-OH is 8. The summed E-state index contributed by atoms with van der Waals surface area (Å²) in [5, 5.41) is 66.9. The quantitative estimate of drug-likeness (QED) is 0.0221. The van der Waals surface area contributed by atoms with Crippen molar-refractivity contribution in [3.8, 4) is 0 Å². The van der Waals surface area contributed by atoms with Crippen molar-refractivity contribution in [1.82, 2.24) is 0 Å². The second-order valence-corrected chi connectivity index (χ2v) is 28.4. The Kier molecular flexibility index (Phi) is 172. The molecule has 0 saturated heterocycles. The van der Waals surface area contributed by atoms with E-state index in [9.17, 15) is 0 Å². The Morgan fingerprint density at radius 1 is 0.0918 bits per heavy atom. The summed E-state index contributed by atoms with van der Waals surface area (Å²) in [6.07, 6.45) is 96.8. The predicted molar refractivity (Wildman–Crippen MR) is 435 cm³/mol. The van der Waals surface area contributed by atoms with Crippen LogP contribution >= 0.6 is 0 Å². The summed E-state index contributed by atoms with van der Waals surface area (Å²) in [5.41, 5.74) is 0. The van der Waals surface area contributed by atoms with E-state index in [-0.39, 0.29) is 43.4 Å². The largest absolute Gasteiger partial charge is 0.396 e. The molecule has 0 aliphatic rings. The molecule has 0 aromatic rings. The first-order valence-electron chi connectivity index (χ1n) is 44.2. The van der Waals surface area contributed by atoms with Gasteiger partial charge in [0.05, 0.1) is 0 Å². The zero-order valence-electron chi connectivity index (χ0n) is 69.1. The molecule has 0 atom stereocenters. The molecule has 0 unspecified atom stereocenters. The molecular weight excluding hydrogens is 1280 g/mol. The van der Waals surface area contributed by atoms with E-state index < -0.39 is 0 Å². The van der Waals surface area contributed by atoms with Crippen LogP contribution in [0.4, 0.5) is 0 Å². The van der Waals surface area contributed by atoms with Crippen molar-refractivity contribution < 1.29 is 84.3 Å². The predicted octanol–water partition coefficient (Wildman–Crippen LogP) is 28.1. The molecule has 0 saturated carbocycles. The third-order valence-corrected chi connectivity index (χ3v) is 18.1. The van der Waals surface area contributed by atoms with Crippen molar-refractivity contribution >= 4 is 0 Å². The van der Waals surface area contributed by atoms with Gasteiger partial charge in [0.25, 0.3) is 0 Å². The van der Waals surface area contributed by atoms with Crippen molar-refractivity contribution in [2.45, 2.75) is 518 Å². The van der Waals surface area contributed by atoms with Crippen molar-refractivity contribution in [3.05, 3.63) is 0 Å². The van der Waals surface area contributed by atoms with Crippen LogP contribution in [0.2, 0.25) is 0 Å². The first-order chi connectivity index (χ1) is 47.3. The first kappa shape index (κ1) is 120.